The van der Waals surface area contributed by atoms with Gasteiger partial charge in [0.05, 0.1) is 18.9 Å². The molecule has 9 nitrogen and oxygen atoms in total. The first-order chi connectivity index (χ1) is 18.9. The lowest BCUT2D eigenvalue weighted by molar-refractivity contribution is -0.0495. The van der Waals surface area contributed by atoms with Crippen LogP contribution in [0.5, 0.6) is 0 Å². The van der Waals surface area contributed by atoms with Crippen LogP contribution in [0.3, 0.4) is 0 Å². The second-order valence-electron chi connectivity index (χ2n) is 13.0. The fourth-order valence-corrected chi connectivity index (χ4v) is 6.06. The first-order valence-corrected chi connectivity index (χ1v) is 15.4. The predicted octanol–water partition coefficient (Wildman–Crippen LogP) is 5.12. The van der Waals surface area contributed by atoms with Crippen molar-refractivity contribution in [2.75, 3.05) is 60.2 Å². The number of likely N-dealkylation sites (N-methyl/N-ethyl adjacent to an activating group) is 2. The van der Waals surface area contributed by atoms with Gasteiger partial charge in [0.25, 0.3) is 0 Å². The molecule has 5 rings (SSSR count). The summed E-state index contributed by atoms with van der Waals surface area (Å²) in [6, 6.07) is 0. The zero-order valence-electron chi connectivity index (χ0n) is 24.2. The van der Waals surface area contributed by atoms with E-state index in [1.54, 1.807) is 7.05 Å². The third-order valence-corrected chi connectivity index (χ3v) is 9.23. The molecule has 1 aromatic heterocycles. The van der Waals surface area contributed by atoms with Crippen molar-refractivity contribution < 1.29 is 24.1 Å². The van der Waals surface area contributed by atoms with E-state index in [-0.39, 0.29) is 11.6 Å². The second kappa shape index (κ2) is 13.3. The number of aromatic nitrogens is 2. The lowest BCUT2D eigenvalue weighted by Crippen LogP contribution is -2.37. The van der Waals surface area contributed by atoms with Gasteiger partial charge in [-0.15, -0.1) is 0 Å². The quantitative estimate of drug-likeness (QED) is 0.327. The number of hydrogen-bond acceptors (Lipinski definition) is 6. The largest absolute Gasteiger partial charge is 0.465 e. The van der Waals surface area contributed by atoms with Gasteiger partial charge in [0, 0.05) is 69.6 Å². The lowest BCUT2D eigenvalue weighted by atomic mass is 9.70. The fourth-order valence-electron chi connectivity index (χ4n) is 6.06. The van der Waals surface area contributed by atoms with E-state index >= 15 is 0 Å². The van der Waals surface area contributed by atoms with Gasteiger partial charge in [-0.05, 0) is 89.5 Å². The van der Waals surface area contributed by atoms with E-state index in [0.29, 0.717) is 19.0 Å². The molecule has 0 aromatic carbocycles. The molecule has 1 saturated heterocycles. The average molecular weight is 547 g/mol. The maximum Gasteiger partial charge on any atom is 0.407 e. The summed E-state index contributed by atoms with van der Waals surface area (Å²) in [4.78, 5) is 14.8. The molecule has 3 aliphatic carbocycles. The van der Waals surface area contributed by atoms with Gasteiger partial charge >= 0.3 is 6.09 Å². The summed E-state index contributed by atoms with van der Waals surface area (Å²) in [6.07, 6.45) is 14.3. The van der Waals surface area contributed by atoms with E-state index in [1.807, 2.05) is 0 Å². The molecule has 39 heavy (non-hydrogen) atoms. The molecule has 1 aliphatic heterocycles. The Morgan fingerprint density at radius 1 is 1.03 bits per heavy atom. The zero-order valence-corrected chi connectivity index (χ0v) is 24.2. The van der Waals surface area contributed by atoms with E-state index in [4.69, 9.17) is 19.3 Å². The molecule has 9 heteroatoms. The van der Waals surface area contributed by atoms with E-state index in [1.165, 1.54) is 48.3 Å². The molecule has 1 amide bonds. The van der Waals surface area contributed by atoms with Crippen molar-refractivity contribution in [3.63, 3.8) is 0 Å². The van der Waals surface area contributed by atoms with Gasteiger partial charge in [0.2, 0.25) is 0 Å². The molecule has 0 spiro atoms. The Labute approximate surface area is 234 Å². The van der Waals surface area contributed by atoms with E-state index in [0.717, 1.165) is 89.9 Å². The minimum atomic E-state index is -0.890. The number of ether oxygens (including phenoxy) is 3. The Hall–Kier alpha value is -1.68. The molecule has 220 valence electrons. The SMILES string of the molecule is CN(CCN(C)C(=O)O)Cc1cn(C2CCCCO2)nc1C1CCC(COCC2CC2)(COCC2CC2)CC1. The minimum Gasteiger partial charge on any atom is -0.465 e. The van der Waals surface area contributed by atoms with Crippen molar-refractivity contribution >= 4 is 6.09 Å². The van der Waals surface area contributed by atoms with Crippen LogP contribution in [0.25, 0.3) is 0 Å². The van der Waals surface area contributed by atoms with Crippen molar-refractivity contribution in [1.29, 1.82) is 0 Å². The molecule has 3 saturated carbocycles. The van der Waals surface area contributed by atoms with Gasteiger partial charge in [-0.1, -0.05) is 0 Å². The highest BCUT2D eigenvalue weighted by atomic mass is 16.5. The average Bonchev–Trinajstić information content (AvgIpc) is 3.88. The fraction of sp³-hybridized carbons (Fsp3) is 0.867. The molecule has 4 aliphatic rings. The highest BCUT2D eigenvalue weighted by Crippen LogP contribution is 2.45. The van der Waals surface area contributed by atoms with Crippen LogP contribution < -0.4 is 0 Å². The number of nitrogens with zero attached hydrogens (tertiary/aromatic N) is 4. The smallest absolute Gasteiger partial charge is 0.407 e. The minimum absolute atomic E-state index is 0.0176. The first kappa shape index (κ1) is 28.8. The van der Waals surface area contributed by atoms with Crippen molar-refractivity contribution in [1.82, 2.24) is 19.6 Å². The van der Waals surface area contributed by atoms with Gasteiger partial charge in [0.15, 0.2) is 0 Å². The monoisotopic (exact) mass is 546 g/mol. The molecule has 2 heterocycles. The summed E-state index contributed by atoms with van der Waals surface area (Å²) >= 11 is 0. The van der Waals surface area contributed by atoms with Gasteiger partial charge in [-0.25, -0.2) is 9.48 Å². The number of amides is 1. The molecule has 0 radical (unpaired) electrons. The number of rotatable bonds is 15. The summed E-state index contributed by atoms with van der Waals surface area (Å²) in [7, 11) is 3.69. The molecule has 1 N–H and O–H groups in total. The molecular weight excluding hydrogens is 496 g/mol. The molecule has 0 bridgehead atoms. The van der Waals surface area contributed by atoms with Crippen LogP contribution in [0, 0.1) is 17.3 Å². The third-order valence-electron chi connectivity index (χ3n) is 9.23. The molecule has 1 aromatic rings. The molecule has 1 atom stereocenters. The first-order valence-electron chi connectivity index (χ1n) is 15.4. The topological polar surface area (TPSA) is 89.3 Å². The Morgan fingerprint density at radius 3 is 2.26 bits per heavy atom. The zero-order chi connectivity index (χ0) is 27.2. The number of hydrogen-bond donors (Lipinski definition) is 1. The van der Waals surface area contributed by atoms with E-state index in [9.17, 15) is 9.90 Å². The number of carbonyl (C=O) groups is 1. The second-order valence-corrected chi connectivity index (χ2v) is 13.0. The third kappa shape index (κ3) is 8.41. The van der Waals surface area contributed by atoms with Crippen LogP contribution in [0.4, 0.5) is 4.79 Å². The van der Waals surface area contributed by atoms with E-state index < -0.39 is 6.09 Å². The van der Waals surface area contributed by atoms with Gasteiger partial charge in [-0.2, -0.15) is 5.10 Å². The van der Waals surface area contributed by atoms with E-state index in [2.05, 4.69) is 22.8 Å². The van der Waals surface area contributed by atoms with Crippen LogP contribution in [0.1, 0.15) is 94.0 Å². The predicted molar refractivity (Wildman–Crippen MR) is 149 cm³/mol. The normalized spacial score (nSPS) is 23.8. The number of carboxylic acid groups (broad SMARTS) is 1. The van der Waals surface area contributed by atoms with Crippen LogP contribution >= 0.6 is 0 Å². The van der Waals surface area contributed by atoms with Crippen molar-refractivity contribution in [3.05, 3.63) is 17.5 Å². The Kier molecular flexibility index (Phi) is 9.85. The summed E-state index contributed by atoms with van der Waals surface area (Å²) in [5.74, 6) is 1.98. The standard InChI is InChI=1S/C30H50N4O5/c1-32(14-15-33(2)29(35)36)17-26-18-34(27-5-3-4-16-39-27)31-28(26)25-10-12-30(13-11-25,21-37-19-23-6-7-23)22-38-20-24-8-9-24/h18,23-25,27H,3-17,19-22H2,1-2H3,(H,35,36). The maximum atomic E-state index is 11.2. The summed E-state index contributed by atoms with van der Waals surface area (Å²) in [5, 5.41) is 14.4. The van der Waals surface area contributed by atoms with Gasteiger partial charge in [0.1, 0.15) is 6.23 Å². The van der Waals surface area contributed by atoms with Crippen molar-refractivity contribution in [3.8, 4) is 0 Å². The summed E-state index contributed by atoms with van der Waals surface area (Å²) in [6.45, 7) is 6.17. The summed E-state index contributed by atoms with van der Waals surface area (Å²) in [5.41, 5.74) is 2.57. The van der Waals surface area contributed by atoms with Crippen molar-refractivity contribution in [2.45, 2.75) is 89.3 Å². The molecule has 1 unspecified atom stereocenters. The molecule has 4 fully saturated rings. The summed E-state index contributed by atoms with van der Waals surface area (Å²) < 4.78 is 20.7. The van der Waals surface area contributed by atoms with Crippen LogP contribution in [0.15, 0.2) is 6.20 Å². The Morgan fingerprint density at radius 2 is 1.69 bits per heavy atom. The van der Waals surface area contributed by atoms with Gasteiger partial charge < -0.3 is 29.1 Å². The maximum absolute atomic E-state index is 11.2. The van der Waals surface area contributed by atoms with Gasteiger partial charge in [-0.3, -0.25) is 0 Å². The lowest BCUT2D eigenvalue weighted by Gasteiger charge is -2.40. The highest BCUT2D eigenvalue weighted by molar-refractivity contribution is 5.64. The van der Waals surface area contributed by atoms with Crippen LogP contribution in [-0.2, 0) is 20.8 Å². The molecular formula is C30H50N4O5. The van der Waals surface area contributed by atoms with Crippen LogP contribution in [0.2, 0.25) is 0 Å². The van der Waals surface area contributed by atoms with Crippen molar-refractivity contribution in [2.24, 2.45) is 17.3 Å². The Bertz CT molecular complexity index is 896. The Balaban J connectivity index is 1.24. The highest BCUT2D eigenvalue weighted by Gasteiger charge is 2.39. The van der Waals surface area contributed by atoms with Crippen LogP contribution in [-0.4, -0.2) is 91.0 Å².